The molecule has 0 radical (unpaired) electrons. The third-order valence-electron chi connectivity index (χ3n) is 2.22. The zero-order valence-electron chi connectivity index (χ0n) is 9.70. The lowest BCUT2D eigenvalue weighted by atomic mass is 10.1. The lowest BCUT2D eigenvalue weighted by Crippen LogP contribution is -2.25. The molecule has 1 aromatic rings. The fourth-order valence-electron chi connectivity index (χ4n) is 1.25. The molecular formula is C11H15Cl2NO2S. The Morgan fingerprint density at radius 1 is 1.29 bits per heavy atom. The van der Waals surface area contributed by atoms with Gasteiger partial charge in [-0.2, -0.15) is 0 Å². The van der Waals surface area contributed by atoms with Crippen LogP contribution in [-0.4, -0.2) is 15.0 Å². The summed E-state index contributed by atoms with van der Waals surface area (Å²) in [5.74, 6) is 0.438. The van der Waals surface area contributed by atoms with Gasteiger partial charge < -0.3 is 0 Å². The van der Waals surface area contributed by atoms with Gasteiger partial charge in [0.25, 0.3) is 0 Å². The maximum absolute atomic E-state index is 11.9. The minimum absolute atomic E-state index is 0.0235. The minimum atomic E-state index is -3.58. The van der Waals surface area contributed by atoms with Crippen molar-refractivity contribution in [2.75, 3.05) is 6.54 Å². The van der Waals surface area contributed by atoms with Crippen molar-refractivity contribution in [3.05, 3.63) is 28.2 Å². The number of rotatable bonds is 5. The minimum Gasteiger partial charge on any atom is -0.211 e. The average Bonchev–Trinajstić information content (AvgIpc) is 2.21. The molecule has 0 aromatic heterocycles. The predicted octanol–water partition coefficient (Wildman–Crippen LogP) is 3.32. The lowest BCUT2D eigenvalue weighted by molar-refractivity contribution is 0.551. The zero-order valence-corrected chi connectivity index (χ0v) is 12.0. The van der Waals surface area contributed by atoms with E-state index in [9.17, 15) is 8.42 Å². The van der Waals surface area contributed by atoms with Gasteiger partial charge in [-0.1, -0.05) is 43.1 Å². The highest BCUT2D eigenvalue weighted by Crippen LogP contribution is 2.28. The van der Waals surface area contributed by atoms with Crippen molar-refractivity contribution in [1.82, 2.24) is 4.72 Å². The standard InChI is InChI=1S/C11H15Cl2NO2S/c1-8(2)6-7-14-17(15,16)10-5-3-4-9(12)11(10)13/h3-5,8,14H,6-7H2,1-2H3. The number of hydrogen-bond donors (Lipinski definition) is 1. The summed E-state index contributed by atoms with van der Waals surface area (Å²) < 4.78 is 26.4. The first-order valence-corrected chi connectivity index (χ1v) is 7.52. The molecule has 6 heteroatoms. The summed E-state index contributed by atoms with van der Waals surface area (Å²) in [7, 11) is -3.58. The molecule has 1 rings (SSSR count). The SMILES string of the molecule is CC(C)CCNS(=O)(=O)c1cccc(Cl)c1Cl. The van der Waals surface area contributed by atoms with Gasteiger partial charge in [-0.3, -0.25) is 0 Å². The van der Waals surface area contributed by atoms with Crippen LogP contribution in [0.5, 0.6) is 0 Å². The number of sulfonamides is 1. The summed E-state index contributed by atoms with van der Waals surface area (Å²) in [6, 6.07) is 4.55. The maximum Gasteiger partial charge on any atom is 0.242 e. The van der Waals surface area contributed by atoms with Gasteiger partial charge in [0, 0.05) is 6.54 Å². The van der Waals surface area contributed by atoms with Crippen LogP contribution in [0.1, 0.15) is 20.3 Å². The van der Waals surface area contributed by atoms with Crippen LogP contribution in [-0.2, 0) is 10.0 Å². The van der Waals surface area contributed by atoms with Gasteiger partial charge in [-0.05, 0) is 24.5 Å². The van der Waals surface area contributed by atoms with Gasteiger partial charge in [-0.15, -0.1) is 0 Å². The maximum atomic E-state index is 11.9. The first kappa shape index (κ1) is 14.8. The fourth-order valence-corrected chi connectivity index (χ4v) is 3.06. The second-order valence-corrected chi connectivity index (χ2v) is 6.65. The summed E-state index contributed by atoms with van der Waals surface area (Å²) in [6.07, 6.45) is 0.775. The molecule has 0 amide bonds. The Hall–Kier alpha value is -0.290. The van der Waals surface area contributed by atoms with E-state index in [0.29, 0.717) is 12.5 Å². The van der Waals surface area contributed by atoms with Crippen LogP contribution in [0.4, 0.5) is 0 Å². The Kier molecular flexibility index (Phi) is 5.25. The van der Waals surface area contributed by atoms with E-state index >= 15 is 0 Å². The molecule has 96 valence electrons. The first-order chi connectivity index (χ1) is 7.84. The lowest BCUT2D eigenvalue weighted by Gasteiger charge is -2.10. The molecule has 1 aromatic carbocycles. The van der Waals surface area contributed by atoms with Crippen molar-refractivity contribution in [3.8, 4) is 0 Å². The molecule has 1 N–H and O–H groups in total. The quantitative estimate of drug-likeness (QED) is 0.906. The second-order valence-electron chi connectivity index (χ2n) is 4.13. The van der Waals surface area contributed by atoms with Crippen LogP contribution in [0.2, 0.25) is 10.0 Å². The van der Waals surface area contributed by atoms with E-state index in [0.717, 1.165) is 6.42 Å². The molecular weight excluding hydrogens is 281 g/mol. The highest BCUT2D eigenvalue weighted by Gasteiger charge is 2.18. The number of halogens is 2. The molecule has 0 aliphatic heterocycles. The molecule has 0 aliphatic rings. The van der Waals surface area contributed by atoms with Gasteiger partial charge >= 0.3 is 0 Å². The Labute approximate surface area is 112 Å². The monoisotopic (exact) mass is 295 g/mol. The summed E-state index contributed by atoms with van der Waals surface area (Å²) in [6.45, 7) is 4.45. The molecule has 0 fully saturated rings. The second kappa shape index (κ2) is 6.05. The first-order valence-electron chi connectivity index (χ1n) is 5.28. The van der Waals surface area contributed by atoms with Gasteiger partial charge in [0.2, 0.25) is 10.0 Å². The number of hydrogen-bond acceptors (Lipinski definition) is 2. The summed E-state index contributed by atoms with van der Waals surface area (Å²) in [5, 5.41) is 0.296. The molecule has 17 heavy (non-hydrogen) atoms. The molecule has 0 heterocycles. The molecule has 0 saturated heterocycles. The van der Waals surface area contributed by atoms with Gasteiger partial charge in [0.1, 0.15) is 4.90 Å². The van der Waals surface area contributed by atoms with Gasteiger partial charge in [0.05, 0.1) is 10.0 Å². The Balaban J connectivity index is 2.87. The number of nitrogens with one attached hydrogen (secondary N) is 1. The number of benzene rings is 1. The van der Waals surface area contributed by atoms with Gasteiger partial charge in [0.15, 0.2) is 0 Å². The van der Waals surface area contributed by atoms with Crippen molar-refractivity contribution in [3.63, 3.8) is 0 Å². The molecule has 0 spiro atoms. The molecule has 0 bridgehead atoms. The van der Waals surface area contributed by atoms with Crippen molar-refractivity contribution in [1.29, 1.82) is 0 Å². The summed E-state index contributed by atoms with van der Waals surface area (Å²) in [4.78, 5) is 0.0235. The largest absolute Gasteiger partial charge is 0.242 e. The van der Waals surface area contributed by atoms with Crippen molar-refractivity contribution >= 4 is 33.2 Å². The van der Waals surface area contributed by atoms with E-state index < -0.39 is 10.0 Å². The van der Waals surface area contributed by atoms with E-state index in [1.54, 1.807) is 12.1 Å². The van der Waals surface area contributed by atoms with Crippen molar-refractivity contribution in [2.24, 2.45) is 5.92 Å². The third kappa shape index (κ3) is 4.14. The van der Waals surface area contributed by atoms with Gasteiger partial charge in [-0.25, -0.2) is 13.1 Å². The molecule has 0 atom stereocenters. The molecule has 0 saturated carbocycles. The smallest absolute Gasteiger partial charge is 0.211 e. The Morgan fingerprint density at radius 2 is 1.94 bits per heavy atom. The topological polar surface area (TPSA) is 46.2 Å². The molecule has 0 unspecified atom stereocenters. The fraction of sp³-hybridized carbons (Fsp3) is 0.455. The van der Waals surface area contributed by atoms with E-state index in [1.165, 1.54) is 6.07 Å². The van der Waals surface area contributed by atoms with Crippen LogP contribution < -0.4 is 4.72 Å². The zero-order chi connectivity index (χ0) is 13.1. The molecule has 0 aliphatic carbocycles. The van der Waals surface area contributed by atoms with Crippen LogP contribution in [0.3, 0.4) is 0 Å². The van der Waals surface area contributed by atoms with Crippen molar-refractivity contribution < 1.29 is 8.42 Å². The average molecular weight is 296 g/mol. The van der Waals surface area contributed by atoms with Crippen LogP contribution in [0.25, 0.3) is 0 Å². The summed E-state index contributed by atoms with van der Waals surface area (Å²) >= 11 is 11.6. The van der Waals surface area contributed by atoms with E-state index in [2.05, 4.69) is 4.72 Å². The normalized spacial score (nSPS) is 12.1. The Bertz CT molecular complexity index is 486. The highest BCUT2D eigenvalue weighted by molar-refractivity contribution is 7.89. The van der Waals surface area contributed by atoms with Crippen LogP contribution in [0.15, 0.2) is 23.1 Å². The van der Waals surface area contributed by atoms with E-state index in [4.69, 9.17) is 23.2 Å². The van der Waals surface area contributed by atoms with E-state index in [-0.39, 0.29) is 14.9 Å². The summed E-state index contributed by atoms with van der Waals surface area (Å²) in [5.41, 5.74) is 0. The van der Waals surface area contributed by atoms with Crippen LogP contribution >= 0.6 is 23.2 Å². The predicted molar refractivity (Wildman–Crippen MR) is 71.1 cm³/mol. The Morgan fingerprint density at radius 3 is 2.53 bits per heavy atom. The third-order valence-corrected chi connectivity index (χ3v) is 4.65. The van der Waals surface area contributed by atoms with Crippen LogP contribution in [0, 0.1) is 5.92 Å². The van der Waals surface area contributed by atoms with Crippen molar-refractivity contribution in [2.45, 2.75) is 25.2 Å². The van der Waals surface area contributed by atoms with E-state index in [1.807, 2.05) is 13.8 Å². The molecule has 3 nitrogen and oxygen atoms in total. The highest BCUT2D eigenvalue weighted by atomic mass is 35.5.